The molecule has 0 spiro atoms. The average molecular weight is 420 g/mol. The summed E-state index contributed by atoms with van der Waals surface area (Å²) in [6.45, 7) is 3.42. The molecule has 2 aromatic heterocycles. The van der Waals surface area contributed by atoms with Gasteiger partial charge in [-0.1, -0.05) is 11.6 Å². The lowest BCUT2D eigenvalue weighted by atomic mass is 10.1. The van der Waals surface area contributed by atoms with Gasteiger partial charge in [0.2, 0.25) is 11.9 Å². The standard InChI is InChI=1S/C19H22ClN5O2S/c20-14-11-22-19(24-7-1-2-8-24)23-17(14)18(27)21-6-3-16(26)25-9-4-15-13(12-25)5-10-28-15/h5,10-11H,1-4,6-9,12H2,(H,21,27). The lowest BCUT2D eigenvalue weighted by Gasteiger charge is -2.27. The lowest BCUT2D eigenvalue weighted by molar-refractivity contribution is -0.131. The number of amides is 2. The van der Waals surface area contributed by atoms with Crippen molar-refractivity contribution in [2.45, 2.75) is 32.2 Å². The van der Waals surface area contributed by atoms with E-state index in [2.05, 4.69) is 26.7 Å². The zero-order valence-electron chi connectivity index (χ0n) is 15.5. The minimum Gasteiger partial charge on any atom is -0.350 e. The predicted octanol–water partition coefficient (Wildman–Crippen LogP) is 2.50. The highest BCUT2D eigenvalue weighted by Gasteiger charge is 2.22. The van der Waals surface area contributed by atoms with E-state index < -0.39 is 0 Å². The predicted molar refractivity (Wildman–Crippen MR) is 109 cm³/mol. The number of hydrogen-bond acceptors (Lipinski definition) is 6. The van der Waals surface area contributed by atoms with Crippen molar-refractivity contribution in [1.82, 2.24) is 20.2 Å². The molecule has 4 heterocycles. The van der Waals surface area contributed by atoms with Gasteiger partial charge in [0.05, 0.1) is 11.2 Å². The SMILES string of the molecule is O=C(NCCC(=O)N1CCc2sccc2C1)c1nc(N2CCCC2)ncc1Cl. The van der Waals surface area contributed by atoms with Crippen LogP contribution in [0.5, 0.6) is 0 Å². The molecule has 2 aromatic rings. The van der Waals surface area contributed by atoms with Gasteiger partial charge in [0.1, 0.15) is 0 Å². The number of fused-ring (bicyclic) bond motifs is 1. The summed E-state index contributed by atoms with van der Waals surface area (Å²) in [5, 5.41) is 5.05. The second-order valence-corrected chi connectivity index (χ2v) is 8.41. The highest BCUT2D eigenvalue weighted by molar-refractivity contribution is 7.10. The maximum atomic E-state index is 12.5. The Hall–Kier alpha value is -2.19. The van der Waals surface area contributed by atoms with Crippen LogP contribution in [-0.2, 0) is 17.8 Å². The molecule has 28 heavy (non-hydrogen) atoms. The van der Waals surface area contributed by atoms with Gasteiger partial charge in [-0.25, -0.2) is 9.97 Å². The number of carbonyl (C=O) groups excluding carboxylic acids is 2. The molecule has 2 aliphatic rings. The molecule has 0 saturated carbocycles. The van der Waals surface area contributed by atoms with Crippen LogP contribution < -0.4 is 10.2 Å². The minimum absolute atomic E-state index is 0.0451. The number of halogens is 1. The van der Waals surface area contributed by atoms with E-state index in [-0.39, 0.29) is 35.5 Å². The van der Waals surface area contributed by atoms with Crippen molar-refractivity contribution in [1.29, 1.82) is 0 Å². The fourth-order valence-corrected chi connectivity index (χ4v) is 4.64. The molecule has 148 valence electrons. The van der Waals surface area contributed by atoms with Crippen molar-refractivity contribution in [2.75, 3.05) is 31.1 Å². The van der Waals surface area contributed by atoms with Gasteiger partial charge in [-0.15, -0.1) is 11.3 Å². The van der Waals surface area contributed by atoms with Crippen molar-refractivity contribution in [3.63, 3.8) is 0 Å². The Morgan fingerprint density at radius 2 is 2.07 bits per heavy atom. The van der Waals surface area contributed by atoms with E-state index in [1.54, 1.807) is 11.3 Å². The smallest absolute Gasteiger partial charge is 0.271 e. The third-order valence-corrected chi connectivity index (χ3v) is 6.42. The number of hydrogen-bond donors (Lipinski definition) is 1. The number of carbonyl (C=O) groups is 2. The van der Waals surface area contributed by atoms with Gasteiger partial charge < -0.3 is 15.1 Å². The van der Waals surface area contributed by atoms with E-state index in [9.17, 15) is 9.59 Å². The molecule has 2 aliphatic heterocycles. The summed E-state index contributed by atoms with van der Waals surface area (Å²) in [6, 6.07) is 2.08. The molecule has 0 bridgehead atoms. The van der Waals surface area contributed by atoms with Crippen LogP contribution >= 0.6 is 22.9 Å². The fourth-order valence-electron chi connectivity index (χ4n) is 3.57. The molecule has 7 nitrogen and oxygen atoms in total. The fraction of sp³-hybridized carbons (Fsp3) is 0.474. The van der Waals surface area contributed by atoms with E-state index in [1.165, 1.54) is 16.6 Å². The zero-order chi connectivity index (χ0) is 19.5. The lowest BCUT2D eigenvalue weighted by Crippen LogP contribution is -2.37. The Morgan fingerprint density at radius 3 is 2.89 bits per heavy atom. The molecule has 0 aromatic carbocycles. The molecular formula is C19H22ClN5O2S. The van der Waals surface area contributed by atoms with Crippen LogP contribution in [0.25, 0.3) is 0 Å². The third-order valence-electron chi connectivity index (χ3n) is 5.12. The zero-order valence-corrected chi connectivity index (χ0v) is 17.1. The Bertz CT molecular complexity index is 881. The quantitative estimate of drug-likeness (QED) is 0.805. The molecule has 1 fully saturated rings. The van der Waals surface area contributed by atoms with Crippen LogP contribution in [0.3, 0.4) is 0 Å². The van der Waals surface area contributed by atoms with Crippen LogP contribution in [0, 0.1) is 0 Å². The van der Waals surface area contributed by atoms with Gasteiger partial charge in [-0.3, -0.25) is 9.59 Å². The number of aromatic nitrogens is 2. The van der Waals surface area contributed by atoms with Crippen molar-refractivity contribution >= 4 is 40.7 Å². The maximum absolute atomic E-state index is 12.5. The summed E-state index contributed by atoms with van der Waals surface area (Å²) in [4.78, 5) is 38.8. The first kappa shape index (κ1) is 19.1. The van der Waals surface area contributed by atoms with E-state index in [0.717, 1.165) is 38.9 Å². The summed E-state index contributed by atoms with van der Waals surface area (Å²) in [5.41, 5.74) is 1.39. The first-order valence-electron chi connectivity index (χ1n) is 9.50. The van der Waals surface area contributed by atoms with Crippen molar-refractivity contribution in [2.24, 2.45) is 0 Å². The largest absolute Gasteiger partial charge is 0.350 e. The Labute approximate surface area is 172 Å². The molecule has 0 radical (unpaired) electrons. The van der Waals surface area contributed by atoms with Crippen LogP contribution in [0.4, 0.5) is 5.95 Å². The van der Waals surface area contributed by atoms with Crippen molar-refractivity contribution in [3.05, 3.63) is 38.8 Å². The Balaban J connectivity index is 1.31. The number of nitrogens with zero attached hydrogens (tertiary/aromatic N) is 4. The second-order valence-electron chi connectivity index (χ2n) is 7.00. The Kier molecular flexibility index (Phi) is 5.77. The minimum atomic E-state index is -0.376. The van der Waals surface area contributed by atoms with Gasteiger partial charge in [0, 0.05) is 44.0 Å². The number of thiophene rings is 1. The van der Waals surface area contributed by atoms with Crippen molar-refractivity contribution in [3.8, 4) is 0 Å². The summed E-state index contributed by atoms with van der Waals surface area (Å²) in [5.74, 6) is 0.200. The molecule has 1 N–H and O–H groups in total. The number of rotatable bonds is 5. The van der Waals surface area contributed by atoms with Crippen LogP contribution in [0.2, 0.25) is 5.02 Å². The Morgan fingerprint density at radius 1 is 1.25 bits per heavy atom. The second kappa shape index (κ2) is 8.45. The average Bonchev–Trinajstić information content (AvgIpc) is 3.39. The van der Waals surface area contributed by atoms with E-state index in [4.69, 9.17) is 11.6 Å². The monoisotopic (exact) mass is 419 g/mol. The first-order chi connectivity index (χ1) is 13.6. The highest BCUT2D eigenvalue weighted by atomic mass is 35.5. The summed E-state index contributed by atoms with van der Waals surface area (Å²) in [6.07, 6.45) is 4.82. The molecule has 0 atom stereocenters. The maximum Gasteiger partial charge on any atom is 0.271 e. The van der Waals surface area contributed by atoms with Gasteiger partial charge >= 0.3 is 0 Å². The molecule has 0 unspecified atom stereocenters. The van der Waals surface area contributed by atoms with Crippen LogP contribution in [0.15, 0.2) is 17.6 Å². The van der Waals surface area contributed by atoms with Gasteiger partial charge in [0.15, 0.2) is 5.69 Å². The summed E-state index contributed by atoms with van der Waals surface area (Å²) < 4.78 is 0. The van der Waals surface area contributed by atoms with E-state index >= 15 is 0 Å². The molecule has 9 heteroatoms. The van der Waals surface area contributed by atoms with E-state index in [1.807, 2.05) is 9.80 Å². The van der Waals surface area contributed by atoms with Gasteiger partial charge in [-0.2, -0.15) is 0 Å². The topological polar surface area (TPSA) is 78.4 Å². The van der Waals surface area contributed by atoms with Crippen molar-refractivity contribution < 1.29 is 9.59 Å². The molecular weight excluding hydrogens is 398 g/mol. The molecule has 2 amide bonds. The molecule has 4 rings (SSSR count). The van der Waals surface area contributed by atoms with Crippen LogP contribution in [0.1, 0.15) is 40.2 Å². The van der Waals surface area contributed by atoms with Gasteiger partial charge in [0.25, 0.3) is 5.91 Å². The normalized spacial score (nSPS) is 16.2. The third kappa shape index (κ3) is 4.12. The summed E-state index contributed by atoms with van der Waals surface area (Å²) in [7, 11) is 0. The first-order valence-corrected chi connectivity index (χ1v) is 10.8. The van der Waals surface area contributed by atoms with Crippen LogP contribution in [-0.4, -0.2) is 52.9 Å². The molecule has 0 aliphatic carbocycles. The number of nitrogens with one attached hydrogen (secondary N) is 1. The number of anilines is 1. The summed E-state index contributed by atoms with van der Waals surface area (Å²) >= 11 is 7.87. The highest BCUT2D eigenvalue weighted by Crippen LogP contribution is 2.24. The van der Waals surface area contributed by atoms with E-state index in [0.29, 0.717) is 12.5 Å². The molecule has 1 saturated heterocycles. The van der Waals surface area contributed by atoms with Gasteiger partial charge in [-0.05, 0) is 36.3 Å².